The van der Waals surface area contributed by atoms with E-state index < -0.39 is 0 Å². The van der Waals surface area contributed by atoms with Crippen LogP contribution in [-0.2, 0) is 4.79 Å². The van der Waals surface area contributed by atoms with Crippen molar-refractivity contribution in [1.29, 1.82) is 0 Å². The number of benzene rings is 1. The van der Waals surface area contributed by atoms with Crippen LogP contribution in [0.15, 0.2) is 23.1 Å². The first kappa shape index (κ1) is 14.4. The molecule has 1 aromatic carbocycles. The number of nitrogens with zero attached hydrogens (tertiary/aromatic N) is 1. The van der Waals surface area contributed by atoms with Gasteiger partial charge in [-0.1, -0.05) is 23.7 Å². The summed E-state index contributed by atoms with van der Waals surface area (Å²) in [7, 11) is 0. The molecule has 0 bridgehead atoms. The monoisotopic (exact) mass is 323 g/mol. The molecule has 3 N–H and O–H groups in total. The van der Waals surface area contributed by atoms with Gasteiger partial charge in [0.15, 0.2) is 0 Å². The molecule has 110 valence electrons. The van der Waals surface area contributed by atoms with Gasteiger partial charge in [-0.2, -0.15) is 0 Å². The van der Waals surface area contributed by atoms with E-state index >= 15 is 0 Å². The number of halogens is 1. The maximum absolute atomic E-state index is 11.7. The van der Waals surface area contributed by atoms with Crippen LogP contribution in [0.4, 0.5) is 10.5 Å². The molecule has 2 fully saturated rings. The molecule has 0 aromatic heterocycles. The van der Waals surface area contributed by atoms with E-state index in [1.54, 1.807) is 6.08 Å². The molecule has 3 rings (SSSR count). The summed E-state index contributed by atoms with van der Waals surface area (Å²) in [5.74, 6) is -0.367. The number of amides is 2. The van der Waals surface area contributed by atoms with E-state index in [1.165, 1.54) is 0 Å². The number of carbonyl (C=O) groups excluding carboxylic acids is 2. The highest BCUT2D eigenvalue weighted by Gasteiger charge is 2.27. The number of anilines is 1. The smallest absolute Gasteiger partial charge is 0.290 e. The van der Waals surface area contributed by atoms with E-state index in [1.807, 2.05) is 18.2 Å². The molecule has 1 unspecified atom stereocenters. The number of thioether (sulfide) groups is 1. The van der Waals surface area contributed by atoms with Gasteiger partial charge < -0.3 is 10.6 Å². The molecule has 2 amide bonds. The van der Waals surface area contributed by atoms with Gasteiger partial charge in [0.2, 0.25) is 0 Å². The molecule has 0 aliphatic carbocycles. The zero-order valence-electron chi connectivity index (χ0n) is 11.1. The topological polar surface area (TPSA) is 75.4 Å². The second-order valence-electron chi connectivity index (χ2n) is 5.02. The Balaban J connectivity index is 1.99. The average Bonchev–Trinajstić information content (AvgIpc) is 2.96. The fourth-order valence-corrected chi connectivity index (χ4v) is 3.51. The summed E-state index contributed by atoms with van der Waals surface area (Å²) in [6, 6.07) is 5.66. The number of imide groups is 1. The lowest BCUT2D eigenvalue weighted by atomic mass is 10.1. The van der Waals surface area contributed by atoms with E-state index in [2.05, 4.69) is 10.2 Å². The molecule has 5 nitrogen and oxygen atoms in total. The second-order valence-corrected chi connectivity index (χ2v) is 6.45. The van der Waals surface area contributed by atoms with Gasteiger partial charge >= 0.3 is 0 Å². The van der Waals surface area contributed by atoms with Crippen LogP contribution in [0.5, 0.6) is 0 Å². The normalized spacial score (nSPS) is 24.0. The Labute approximate surface area is 131 Å². The van der Waals surface area contributed by atoms with Crippen molar-refractivity contribution in [2.45, 2.75) is 12.5 Å². The van der Waals surface area contributed by atoms with Crippen LogP contribution in [0.25, 0.3) is 6.08 Å². The number of hydrogen-bond acceptors (Lipinski definition) is 5. The Morgan fingerprint density at radius 3 is 2.86 bits per heavy atom. The zero-order valence-corrected chi connectivity index (χ0v) is 12.7. The summed E-state index contributed by atoms with van der Waals surface area (Å²) in [6.07, 6.45) is 2.62. The van der Waals surface area contributed by atoms with E-state index in [-0.39, 0.29) is 17.2 Å². The van der Waals surface area contributed by atoms with Crippen molar-refractivity contribution in [1.82, 2.24) is 5.32 Å². The molecule has 2 aliphatic rings. The first-order valence-corrected chi connectivity index (χ1v) is 7.78. The van der Waals surface area contributed by atoms with Crippen LogP contribution in [0.1, 0.15) is 12.0 Å². The van der Waals surface area contributed by atoms with Crippen molar-refractivity contribution in [3.05, 3.63) is 33.7 Å². The number of carbonyl (C=O) groups is 2. The van der Waals surface area contributed by atoms with Gasteiger partial charge in [0.1, 0.15) is 0 Å². The SMILES string of the molecule is NC1CCN(c2c(Cl)cccc2/C=C2/SC(=O)NC2=O)C1. The lowest BCUT2D eigenvalue weighted by Gasteiger charge is -2.22. The summed E-state index contributed by atoms with van der Waals surface area (Å²) < 4.78 is 0. The average molecular weight is 324 g/mol. The summed E-state index contributed by atoms with van der Waals surface area (Å²) >= 11 is 7.22. The van der Waals surface area contributed by atoms with Crippen LogP contribution in [0.2, 0.25) is 5.02 Å². The van der Waals surface area contributed by atoms with Crippen LogP contribution >= 0.6 is 23.4 Å². The molecule has 0 radical (unpaired) electrons. The van der Waals surface area contributed by atoms with E-state index in [4.69, 9.17) is 17.3 Å². The molecule has 2 heterocycles. The van der Waals surface area contributed by atoms with Crippen molar-refractivity contribution in [2.75, 3.05) is 18.0 Å². The van der Waals surface area contributed by atoms with Crippen molar-refractivity contribution in [3.8, 4) is 0 Å². The Kier molecular flexibility index (Phi) is 3.93. The van der Waals surface area contributed by atoms with Crippen LogP contribution < -0.4 is 16.0 Å². The molecule has 21 heavy (non-hydrogen) atoms. The summed E-state index contributed by atoms with van der Waals surface area (Å²) in [5.41, 5.74) is 7.64. The van der Waals surface area contributed by atoms with E-state index in [9.17, 15) is 9.59 Å². The minimum absolute atomic E-state index is 0.132. The molecular formula is C14H14ClN3O2S. The molecule has 0 spiro atoms. The Morgan fingerprint density at radius 1 is 1.43 bits per heavy atom. The predicted octanol–water partition coefficient (Wildman–Crippen LogP) is 2.20. The largest absolute Gasteiger partial charge is 0.368 e. The fourth-order valence-electron chi connectivity index (χ4n) is 2.53. The van der Waals surface area contributed by atoms with Crippen molar-refractivity contribution >= 4 is 46.3 Å². The predicted molar refractivity (Wildman–Crippen MR) is 85.4 cm³/mol. The third-order valence-corrected chi connectivity index (χ3v) is 4.60. The van der Waals surface area contributed by atoms with Gasteiger partial charge in [0, 0.05) is 24.7 Å². The number of nitrogens with one attached hydrogen (secondary N) is 1. The highest BCUT2D eigenvalue weighted by molar-refractivity contribution is 8.18. The number of rotatable bonds is 2. The van der Waals surface area contributed by atoms with Gasteiger partial charge in [0.25, 0.3) is 11.1 Å². The van der Waals surface area contributed by atoms with Gasteiger partial charge in [0.05, 0.1) is 15.6 Å². The lowest BCUT2D eigenvalue weighted by molar-refractivity contribution is -0.115. The van der Waals surface area contributed by atoms with Crippen molar-refractivity contribution in [2.24, 2.45) is 5.73 Å². The molecule has 2 aliphatic heterocycles. The van der Waals surface area contributed by atoms with Gasteiger partial charge in [-0.3, -0.25) is 14.9 Å². The Morgan fingerprint density at radius 2 is 2.24 bits per heavy atom. The zero-order chi connectivity index (χ0) is 15.0. The van der Waals surface area contributed by atoms with Crippen molar-refractivity contribution < 1.29 is 9.59 Å². The molecule has 1 aromatic rings. The first-order chi connectivity index (χ1) is 10.0. The minimum Gasteiger partial charge on any atom is -0.368 e. The lowest BCUT2D eigenvalue weighted by Crippen LogP contribution is -2.27. The minimum atomic E-state index is -0.367. The Hall–Kier alpha value is -1.50. The van der Waals surface area contributed by atoms with Crippen LogP contribution in [0, 0.1) is 0 Å². The van der Waals surface area contributed by atoms with Gasteiger partial charge in [-0.05, 0) is 30.3 Å². The number of hydrogen-bond donors (Lipinski definition) is 2. The van der Waals surface area contributed by atoms with Crippen molar-refractivity contribution in [3.63, 3.8) is 0 Å². The Bertz CT molecular complexity index is 647. The van der Waals surface area contributed by atoms with E-state index in [0.29, 0.717) is 9.93 Å². The van der Waals surface area contributed by atoms with E-state index in [0.717, 1.165) is 42.5 Å². The molecule has 2 saturated heterocycles. The summed E-state index contributed by atoms with van der Waals surface area (Å²) in [4.78, 5) is 25.4. The maximum Gasteiger partial charge on any atom is 0.290 e. The van der Waals surface area contributed by atoms with Gasteiger partial charge in [-0.15, -0.1) is 0 Å². The molecule has 0 saturated carbocycles. The fraction of sp³-hybridized carbons (Fsp3) is 0.286. The van der Waals surface area contributed by atoms with Crippen LogP contribution in [0.3, 0.4) is 0 Å². The summed E-state index contributed by atoms with van der Waals surface area (Å²) in [5, 5.41) is 2.52. The first-order valence-electron chi connectivity index (χ1n) is 6.58. The highest BCUT2D eigenvalue weighted by Crippen LogP contribution is 2.35. The van der Waals surface area contributed by atoms with Gasteiger partial charge in [-0.25, -0.2) is 0 Å². The molecular weight excluding hydrogens is 310 g/mol. The summed E-state index contributed by atoms with van der Waals surface area (Å²) in [6.45, 7) is 1.57. The number of nitrogens with two attached hydrogens (primary N) is 1. The molecule has 1 atom stereocenters. The highest BCUT2D eigenvalue weighted by atomic mass is 35.5. The maximum atomic E-state index is 11.7. The third-order valence-electron chi connectivity index (χ3n) is 3.49. The van der Waals surface area contributed by atoms with Crippen LogP contribution in [-0.4, -0.2) is 30.3 Å². The quantitative estimate of drug-likeness (QED) is 0.816. The standard InChI is InChI=1S/C14H14ClN3O2S/c15-10-3-1-2-8(6-11-13(19)17-14(20)21-11)12(10)18-5-4-9(16)7-18/h1-3,6,9H,4-5,7,16H2,(H,17,19,20)/b11-6+. The third kappa shape index (κ3) is 2.92. The number of para-hydroxylation sites is 1. The molecule has 7 heteroatoms. The second kappa shape index (κ2) is 5.71.